The Labute approximate surface area is 115 Å². The molecule has 102 valence electrons. The number of aliphatic hydroxyl groups excluding tert-OH is 1. The molecule has 0 aliphatic heterocycles. The molecule has 4 nitrogen and oxygen atoms in total. The summed E-state index contributed by atoms with van der Waals surface area (Å²) in [5.74, 6) is 0.657. The van der Waals surface area contributed by atoms with Gasteiger partial charge < -0.3 is 14.4 Å². The molecule has 0 unspecified atom stereocenters. The van der Waals surface area contributed by atoms with E-state index in [0.717, 1.165) is 0 Å². The van der Waals surface area contributed by atoms with E-state index in [0.29, 0.717) is 22.3 Å². The summed E-state index contributed by atoms with van der Waals surface area (Å²) in [6.07, 6.45) is 0.719. The molecule has 0 aliphatic rings. The first kappa shape index (κ1) is 13.8. The van der Waals surface area contributed by atoms with Crippen molar-refractivity contribution < 1.29 is 14.2 Å². The molecule has 2 aromatic rings. The molecular formula is C13H14ClFN2O2. The maximum Gasteiger partial charge on any atom is 0.147 e. The number of hydrogen-bond acceptors (Lipinski definition) is 3. The number of aliphatic hydroxyl groups is 1. The zero-order valence-corrected chi connectivity index (χ0v) is 11.4. The van der Waals surface area contributed by atoms with Crippen LogP contribution in [0.2, 0.25) is 5.15 Å². The van der Waals surface area contributed by atoms with Gasteiger partial charge in [-0.25, -0.2) is 9.37 Å². The molecule has 6 heteroatoms. The van der Waals surface area contributed by atoms with Crippen LogP contribution in [-0.4, -0.2) is 14.7 Å². The van der Waals surface area contributed by atoms with Crippen molar-refractivity contribution in [2.24, 2.45) is 7.05 Å². The number of halogens is 2. The van der Waals surface area contributed by atoms with Gasteiger partial charge in [-0.2, -0.15) is 0 Å². The molecule has 0 saturated heterocycles. The van der Waals surface area contributed by atoms with Crippen LogP contribution in [0.3, 0.4) is 0 Å². The number of ether oxygens (including phenoxy) is 1. The zero-order valence-electron chi connectivity index (χ0n) is 10.6. The number of hydrogen-bond donors (Lipinski definition) is 1. The summed E-state index contributed by atoms with van der Waals surface area (Å²) >= 11 is 5.87. The van der Waals surface area contributed by atoms with Gasteiger partial charge in [0.15, 0.2) is 0 Å². The van der Waals surface area contributed by atoms with Gasteiger partial charge in [0.2, 0.25) is 0 Å². The van der Waals surface area contributed by atoms with Crippen molar-refractivity contribution in [3.63, 3.8) is 0 Å². The molecule has 0 radical (unpaired) electrons. The average Bonchev–Trinajstić information content (AvgIpc) is 2.68. The molecule has 1 heterocycles. The SMILES string of the molecule is C[C@H](O)c1cc(F)ccc1OCc1ncc(Cl)n1C. The molecule has 1 atom stereocenters. The second-order valence-electron chi connectivity index (χ2n) is 4.20. The minimum absolute atomic E-state index is 0.189. The van der Waals surface area contributed by atoms with Gasteiger partial charge in [-0.1, -0.05) is 11.6 Å². The Kier molecular flexibility index (Phi) is 4.07. The van der Waals surface area contributed by atoms with E-state index >= 15 is 0 Å². The monoisotopic (exact) mass is 284 g/mol. The summed E-state index contributed by atoms with van der Waals surface area (Å²) in [7, 11) is 1.77. The largest absolute Gasteiger partial charge is 0.485 e. The average molecular weight is 285 g/mol. The van der Waals surface area contributed by atoms with Crippen molar-refractivity contribution in [3.8, 4) is 5.75 Å². The number of imidazole rings is 1. The van der Waals surface area contributed by atoms with Crippen molar-refractivity contribution in [3.05, 3.63) is 46.8 Å². The molecule has 0 amide bonds. The third-order valence-corrected chi connectivity index (χ3v) is 3.16. The lowest BCUT2D eigenvalue weighted by molar-refractivity contribution is 0.188. The Hall–Kier alpha value is -1.59. The smallest absolute Gasteiger partial charge is 0.147 e. The molecule has 19 heavy (non-hydrogen) atoms. The van der Waals surface area contributed by atoms with Crippen LogP contribution in [0, 0.1) is 5.82 Å². The quantitative estimate of drug-likeness (QED) is 0.939. The predicted molar refractivity (Wildman–Crippen MR) is 69.6 cm³/mol. The van der Waals surface area contributed by atoms with Crippen molar-refractivity contribution in [2.45, 2.75) is 19.6 Å². The van der Waals surface area contributed by atoms with Gasteiger partial charge >= 0.3 is 0 Å². The summed E-state index contributed by atoms with van der Waals surface area (Å²) < 4.78 is 20.4. The highest BCUT2D eigenvalue weighted by molar-refractivity contribution is 6.29. The van der Waals surface area contributed by atoms with E-state index in [-0.39, 0.29) is 6.61 Å². The number of benzene rings is 1. The molecule has 1 N–H and O–H groups in total. The fourth-order valence-electron chi connectivity index (χ4n) is 1.68. The Morgan fingerprint density at radius 2 is 2.26 bits per heavy atom. The van der Waals surface area contributed by atoms with Crippen LogP contribution in [-0.2, 0) is 13.7 Å². The molecule has 0 saturated carbocycles. The number of aromatic nitrogens is 2. The maximum atomic E-state index is 13.1. The van der Waals surface area contributed by atoms with Crippen LogP contribution in [0.25, 0.3) is 0 Å². The summed E-state index contributed by atoms with van der Waals surface area (Å²) in [4.78, 5) is 4.09. The van der Waals surface area contributed by atoms with Crippen molar-refractivity contribution in [1.29, 1.82) is 0 Å². The van der Waals surface area contributed by atoms with Crippen molar-refractivity contribution >= 4 is 11.6 Å². The summed E-state index contributed by atoms with van der Waals surface area (Å²) in [6.45, 7) is 1.74. The predicted octanol–water partition coefficient (Wildman–Crippen LogP) is 2.84. The lowest BCUT2D eigenvalue weighted by Gasteiger charge is -2.13. The standard InChI is InChI=1S/C13H14ClFN2O2/c1-8(18)10-5-9(15)3-4-11(10)19-7-13-16-6-12(14)17(13)2/h3-6,8,18H,7H2,1-2H3/t8-/m0/s1. The molecular weight excluding hydrogens is 271 g/mol. The highest BCUT2D eigenvalue weighted by atomic mass is 35.5. The molecule has 1 aromatic heterocycles. The first-order chi connectivity index (χ1) is 8.99. The summed E-state index contributed by atoms with van der Waals surface area (Å²) in [6, 6.07) is 4.03. The van der Waals surface area contributed by atoms with E-state index in [4.69, 9.17) is 16.3 Å². The topological polar surface area (TPSA) is 47.3 Å². The number of nitrogens with zero attached hydrogens (tertiary/aromatic N) is 2. The van der Waals surface area contributed by atoms with E-state index in [1.807, 2.05) is 0 Å². The first-order valence-electron chi connectivity index (χ1n) is 5.75. The first-order valence-corrected chi connectivity index (χ1v) is 6.13. The van der Waals surface area contributed by atoms with Gasteiger partial charge in [-0.3, -0.25) is 0 Å². The van der Waals surface area contributed by atoms with Gasteiger partial charge in [0, 0.05) is 12.6 Å². The van der Waals surface area contributed by atoms with E-state index in [1.165, 1.54) is 24.4 Å². The summed E-state index contributed by atoms with van der Waals surface area (Å²) in [5.41, 5.74) is 0.403. The highest BCUT2D eigenvalue weighted by Crippen LogP contribution is 2.26. The van der Waals surface area contributed by atoms with E-state index in [1.54, 1.807) is 18.5 Å². The Balaban J connectivity index is 2.17. The molecule has 0 bridgehead atoms. The molecule has 2 rings (SSSR count). The Morgan fingerprint density at radius 3 is 2.84 bits per heavy atom. The van der Waals surface area contributed by atoms with Gasteiger partial charge in [-0.05, 0) is 25.1 Å². The van der Waals surface area contributed by atoms with Crippen LogP contribution in [0.4, 0.5) is 4.39 Å². The van der Waals surface area contributed by atoms with Crippen LogP contribution in [0.1, 0.15) is 24.4 Å². The van der Waals surface area contributed by atoms with Gasteiger partial charge in [0.25, 0.3) is 0 Å². The Morgan fingerprint density at radius 1 is 1.53 bits per heavy atom. The lowest BCUT2D eigenvalue weighted by Crippen LogP contribution is -2.06. The Bertz CT molecular complexity index is 584. The minimum atomic E-state index is -0.810. The van der Waals surface area contributed by atoms with Crippen LogP contribution in [0.5, 0.6) is 5.75 Å². The van der Waals surface area contributed by atoms with Crippen LogP contribution < -0.4 is 4.74 Å². The van der Waals surface area contributed by atoms with Crippen LogP contribution >= 0.6 is 11.6 Å². The number of rotatable bonds is 4. The highest BCUT2D eigenvalue weighted by Gasteiger charge is 2.12. The van der Waals surface area contributed by atoms with E-state index < -0.39 is 11.9 Å². The van der Waals surface area contributed by atoms with Crippen molar-refractivity contribution in [2.75, 3.05) is 0 Å². The van der Waals surface area contributed by atoms with Gasteiger partial charge in [0.05, 0.1) is 12.3 Å². The summed E-state index contributed by atoms with van der Waals surface area (Å²) in [5, 5.41) is 10.1. The third kappa shape index (κ3) is 3.05. The molecule has 0 fully saturated rings. The molecule has 1 aromatic carbocycles. The van der Waals surface area contributed by atoms with Gasteiger partial charge in [0.1, 0.15) is 29.2 Å². The molecule has 0 spiro atoms. The second-order valence-corrected chi connectivity index (χ2v) is 4.59. The maximum absolute atomic E-state index is 13.1. The van der Waals surface area contributed by atoms with Crippen molar-refractivity contribution in [1.82, 2.24) is 9.55 Å². The minimum Gasteiger partial charge on any atom is -0.485 e. The fourth-order valence-corrected chi connectivity index (χ4v) is 1.82. The van der Waals surface area contributed by atoms with E-state index in [2.05, 4.69) is 4.98 Å². The third-order valence-electron chi connectivity index (χ3n) is 2.81. The van der Waals surface area contributed by atoms with E-state index in [9.17, 15) is 9.50 Å². The fraction of sp³-hybridized carbons (Fsp3) is 0.308. The van der Waals surface area contributed by atoms with Gasteiger partial charge in [-0.15, -0.1) is 0 Å². The van der Waals surface area contributed by atoms with Crippen LogP contribution in [0.15, 0.2) is 24.4 Å². The second kappa shape index (κ2) is 5.59. The molecule has 0 aliphatic carbocycles. The lowest BCUT2D eigenvalue weighted by atomic mass is 10.1. The zero-order chi connectivity index (χ0) is 14.0. The normalized spacial score (nSPS) is 12.5.